The van der Waals surface area contributed by atoms with E-state index in [4.69, 9.17) is 5.11 Å². The lowest BCUT2D eigenvalue weighted by Crippen LogP contribution is -3.00. The SMILES string of the molecule is C=C[n+]1ccc(CCO)cc1.[Cl-]. The van der Waals surface area contributed by atoms with Gasteiger partial charge in [-0.1, -0.05) is 0 Å². The van der Waals surface area contributed by atoms with E-state index < -0.39 is 0 Å². The average Bonchev–Trinajstić information content (AvgIpc) is 2.07. The molecule has 0 aliphatic rings. The van der Waals surface area contributed by atoms with Crippen molar-refractivity contribution in [2.75, 3.05) is 6.61 Å². The first-order chi connectivity index (χ1) is 5.36. The molecule has 0 radical (unpaired) electrons. The first kappa shape index (κ1) is 11.1. The summed E-state index contributed by atoms with van der Waals surface area (Å²) in [4.78, 5) is 0. The summed E-state index contributed by atoms with van der Waals surface area (Å²) in [6.07, 6.45) is 6.27. The Bertz CT molecular complexity index is 233. The average molecular weight is 186 g/mol. The minimum absolute atomic E-state index is 0. The van der Waals surface area contributed by atoms with E-state index in [-0.39, 0.29) is 19.0 Å². The van der Waals surface area contributed by atoms with Crippen LogP contribution in [0.4, 0.5) is 0 Å². The highest BCUT2D eigenvalue weighted by Crippen LogP contribution is 1.94. The molecule has 0 aliphatic carbocycles. The fraction of sp³-hybridized carbons (Fsp3) is 0.222. The summed E-state index contributed by atoms with van der Waals surface area (Å²) < 4.78 is 1.86. The van der Waals surface area contributed by atoms with E-state index in [2.05, 4.69) is 6.58 Å². The molecular weight excluding hydrogens is 174 g/mol. The van der Waals surface area contributed by atoms with Gasteiger partial charge in [0.2, 0.25) is 0 Å². The summed E-state index contributed by atoms with van der Waals surface area (Å²) in [5.41, 5.74) is 1.14. The van der Waals surface area contributed by atoms with Gasteiger partial charge in [0, 0.05) is 18.7 Å². The van der Waals surface area contributed by atoms with E-state index >= 15 is 0 Å². The molecule has 1 N–H and O–H groups in total. The number of aliphatic hydroxyl groups is 1. The maximum atomic E-state index is 8.62. The second-order valence-electron chi connectivity index (χ2n) is 2.31. The molecule has 0 aliphatic heterocycles. The van der Waals surface area contributed by atoms with Gasteiger partial charge in [-0.2, -0.15) is 4.57 Å². The molecule has 0 saturated heterocycles. The topological polar surface area (TPSA) is 24.1 Å². The third-order valence-electron chi connectivity index (χ3n) is 1.53. The maximum absolute atomic E-state index is 8.62. The van der Waals surface area contributed by atoms with Crippen LogP contribution in [0, 0.1) is 0 Å². The van der Waals surface area contributed by atoms with Gasteiger partial charge in [0.25, 0.3) is 0 Å². The largest absolute Gasteiger partial charge is 1.00 e. The van der Waals surface area contributed by atoms with Crippen molar-refractivity contribution < 1.29 is 22.1 Å². The molecule has 3 heteroatoms. The van der Waals surface area contributed by atoms with Crippen LogP contribution in [0.5, 0.6) is 0 Å². The Morgan fingerprint density at radius 2 is 2.00 bits per heavy atom. The molecule has 1 aromatic heterocycles. The Morgan fingerprint density at radius 3 is 2.42 bits per heavy atom. The Balaban J connectivity index is 0.00000121. The lowest BCUT2D eigenvalue weighted by Gasteiger charge is -1.93. The van der Waals surface area contributed by atoms with Crippen LogP contribution in [0.25, 0.3) is 6.20 Å². The van der Waals surface area contributed by atoms with Crippen molar-refractivity contribution in [1.82, 2.24) is 0 Å². The Hall–Kier alpha value is -0.860. The van der Waals surface area contributed by atoms with Gasteiger partial charge in [-0.3, -0.25) is 0 Å². The molecule has 0 spiro atoms. The maximum Gasteiger partial charge on any atom is 0.174 e. The van der Waals surface area contributed by atoms with Gasteiger partial charge in [0.15, 0.2) is 18.6 Å². The predicted octanol–water partition coefficient (Wildman–Crippen LogP) is -2.39. The first-order valence-corrected chi connectivity index (χ1v) is 3.60. The van der Waals surface area contributed by atoms with E-state index in [1.165, 1.54) is 0 Å². The number of hydrogen-bond donors (Lipinski definition) is 1. The zero-order valence-electron chi connectivity index (χ0n) is 6.78. The summed E-state index contributed by atoms with van der Waals surface area (Å²) in [5, 5.41) is 8.62. The van der Waals surface area contributed by atoms with Crippen LogP contribution < -0.4 is 17.0 Å². The van der Waals surface area contributed by atoms with Crippen molar-refractivity contribution in [2.45, 2.75) is 6.42 Å². The highest BCUT2D eigenvalue weighted by atomic mass is 35.5. The van der Waals surface area contributed by atoms with Crippen molar-refractivity contribution in [3.05, 3.63) is 36.7 Å². The highest BCUT2D eigenvalue weighted by Gasteiger charge is 1.94. The molecule has 0 aromatic carbocycles. The van der Waals surface area contributed by atoms with Crippen LogP contribution in [-0.4, -0.2) is 11.7 Å². The van der Waals surface area contributed by atoms with Crippen LogP contribution >= 0.6 is 0 Å². The summed E-state index contributed by atoms with van der Waals surface area (Å²) >= 11 is 0. The molecule has 0 bridgehead atoms. The summed E-state index contributed by atoms with van der Waals surface area (Å²) in [6, 6.07) is 3.94. The van der Waals surface area contributed by atoms with E-state index in [0.29, 0.717) is 0 Å². The molecule has 1 rings (SSSR count). The number of aliphatic hydroxyl groups excluding tert-OH is 1. The first-order valence-electron chi connectivity index (χ1n) is 3.60. The van der Waals surface area contributed by atoms with Crippen LogP contribution in [0.1, 0.15) is 5.56 Å². The molecule has 2 nitrogen and oxygen atoms in total. The molecule has 12 heavy (non-hydrogen) atoms. The monoisotopic (exact) mass is 185 g/mol. The number of nitrogens with zero attached hydrogens (tertiary/aromatic N) is 1. The molecular formula is C9H12ClNO. The second kappa shape index (κ2) is 5.75. The number of halogens is 1. The third-order valence-corrected chi connectivity index (χ3v) is 1.53. The second-order valence-corrected chi connectivity index (χ2v) is 2.31. The minimum atomic E-state index is 0. The van der Waals surface area contributed by atoms with Crippen molar-refractivity contribution >= 4 is 6.20 Å². The molecule has 0 atom stereocenters. The number of rotatable bonds is 3. The molecule has 0 amide bonds. The normalized spacial score (nSPS) is 8.75. The number of hydrogen-bond acceptors (Lipinski definition) is 1. The highest BCUT2D eigenvalue weighted by molar-refractivity contribution is 5.09. The standard InChI is InChI=1S/C9H12NO.ClH/c1-2-10-6-3-9(4-7-10)5-8-11;/h2-4,6-7,11H,1,5,8H2;1H/q+1;/p-1. The molecule has 1 aromatic rings. The van der Waals surface area contributed by atoms with Crippen LogP contribution in [0.2, 0.25) is 0 Å². The zero-order valence-corrected chi connectivity index (χ0v) is 7.54. The number of pyridine rings is 1. The summed E-state index contributed by atoms with van der Waals surface area (Å²) in [7, 11) is 0. The molecule has 0 fully saturated rings. The Kier molecular flexibility index (Phi) is 5.34. The van der Waals surface area contributed by atoms with Crippen molar-refractivity contribution in [2.24, 2.45) is 0 Å². The molecule has 66 valence electrons. The fourth-order valence-corrected chi connectivity index (χ4v) is 0.886. The smallest absolute Gasteiger partial charge is 0.174 e. The molecule has 1 heterocycles. The van der Waals surface area contributed by atoms with Crippen molar-refractivity contribution in [1.29, 1.82) is 0 Å². The van der Waals surface area contributed by atoms with Gasteiger partial charge >= 0.3 is 0 Å². The van der Waals surface area contributed by atoms with E-state index in [0.717, 1.165) is 12.0 Å². The van der Waals surface area contributed by atoms with Gasteiger partial charge in [0.1, 0.15) is 0 Å². The lowest BCUT2D eigenvalue weighted by molar-refractivity contribution is -0.568. The van der Waals surface area contributed by atoms with Gasteiger partial charge < -0.3 is 17.5 Å². The fourth-order valence-electron chi connectivity index (χ4n) is 0.886. The van der Waals surface area contributed by atoms with Crippen LogP contribution in [0.15, 0.2) is 31.1 Å². The van der Waals surface area contributed by atoms with E-state index in [1.807, 2.05) is 29.1 Å². The summed E-state index contributed by atoms with van der Waals surface area (Å²) in [6.45, 7) is 3.83. The van der Waals surface area contributed by atoms with Crippen LogP contribution in [-0.2, 0) is 6.42 Å². The van der Waals surface area contributed by atoms with Gasteiger partial charge in [-0.15, -0.1) is 0 Å². The van der Waals surface area contributed by atoms with Gasteiger partial charge in [0.05, 0.1) is 0 Å². The molecule has 0 unspecified atom stereocenters. The van der Waals surface area contributed by atoms with E-state index in [9.17, 15) is 0 Å². The van der Waals surface area contributed by atoms with Crippen molar-refractivity contribution in [3.63, 3.8) is 0 Å². The zero-order chi connectivity index (χ0) is 8.10. The summed E-state index contributed by atoms with van der Waals surface area (Å²) in [5.74, 6) is 0. The molecule has 0 saturated carbocycles. The minimum Gasteiger partial charge on any atom is -1.00 e. The third kappa shape index (κ3) is 3.03. The van der Waals surface area contributed by atoms with Gasteiger partial charge in [-0.05, 0) is 18.6 Å². The van der Waals surface area contributed by atoms with E-state index in [1.54, 1.807) is 6.20 Å². The predicted molar refractivity (Wildman–Crippen MR) is 43.8 cm³/mol. The Labute approximate surface area is 78.6 Å². The van der Waals surface area contributed by atoms with Crippen LogP contribution in [0.3, 0.4) is 0 Å². The van der Waals surface area contributed by atoms with Gasteiger partial charge in [-0.25, -0.2) is 0 Å². The quantitative estimate of drug-likeness (QED) is 0.523. The van der Waals surface area contributed by atoms with Crippen molar-refractivity contribution in [3.8, 4) is 0 Å². The Morgan fingerprint density at radius 1 is 1.42 bits per heavy atom. The number of aromatic nitrogens is 1. The lowest BCUT2D eigenvalue weighted by atomic mass is 10.2.